The number of amides is 2. The summed E-state index contributed by atoms with van der Waals surface area (Å²) in [6, 6.07) is 4.67. The summed E-state index contributed by atoms with van der Waals surface area (Å²) >= 11 is 0. The number of carbonyl (C=O) groups excluding carboxylic acids is 2. The third-order valence-electron chi connectivity index (χ3n) is 3.79. The number of rotatable bonds is 6. The fourth-order valence-electron chi connectivity index (χ4n) is 2.46. The summed E-state index contributed by atoms with van der Waals surface area (Å²) in [7, 11) is -3.08. The number of sulfonamides is 1. The van der Waals surface area contributed by atoms with Crippen molar-refractivity contribution in [2.24, 2.45) is 11.0 Å². The van der Waals surface area contributed by atoms with Crippen LogP contribution in [0.3, 0.4) is 0 Å². The van der Waals surface area contributed by atoms with Crippen molar-refractivity contribution >= 4 is 28.2 Å². The molecule has 0 radical (unpaired) electrons. The summed E-state index contributed by atoms with van der Waals surface area (Å²) in [6.07, 6.45) is 4.60. The van der Waals surface area contributed by atoms with Gasteiger partial charge in [0, 0.05) is 12.1 Å². The first-order valence-electron chi connectivity index (χ1n) is 7.94. The van der Waals surface area contributed by atoms with E-state index in [1.165, 1.54) is 24.3 Å². The molecule has 0 bridgehead atoms. The number of unbranched alkanes of at least 4 members (excludes halogenated alkanes) is 1. The van der Waals surface area contributed by atoms with E-state index in [1.807, 2.05) is 4.72 Å². The molecule has 1 unspecified atom stereocenters. The summed E-state index contributed by atoms with van der Waals surface area (Å²) in [5.41, 5.74) is -0.143. The molecule has 1 aliphatic rings. The van der Waals surface area contributed by atoms with Crippen LogP contribution in [-0.2, 0) is 14.8 Å². The predicted molar refractivity (Wildman–Crippen MR) is 91.7 cm³/mol. The van der Waals surface area contributed by atoms with Gasteiger partial charge in [-0.3, -0.25) is 0 Å². The van der Waals surface area contributed by atoms with Crippen LogP contribution in [0, 0.1) is 5.92 Å². The summed E-state index contributed by atoms with van der Waals surface area (Å²) in [5, 5.41) is 5.04. The average Bonchev–Trinajstić information content (AvgIpc) is 3.08. The number of nitrogens with one attached hydrogen (secondary N) is 1. The maximum absolute atomic E-state index is 12.5. The monoisotopic (exact) mass is 367 g/mol. The lowest BCUT2D eigenvalue weighted by molar-refractivity contribution is 0.0596. The van der Waals surface area contributed by atoms with Crippen LogP contribution in [-0.4, -0.2) is 45.3 Å². The van der Waals surface area contributed by atoms with Crippen molar-refractivity contribution in [1.29, 1.82) is 0 Å². The molecule has 9 heteroatoms. The van der Waals surface area contributed by atoms with Crippen LogP contribution in [0.4, 0.5) is 4.79 Å². The number of hydrazone groups is 1. The van der Waals surface area contributed by atoms with Crippen molar-refractivity contribution < 1.29 is 22.7 Å². The molecule has 1 aromatic rings. The minimum atomic E-state index is -4.23. The van der Waals surface area contributed by atoms with E-state index in [0.717, 1.165) is 31.4 Å². The highest BCUT2D eigenvalue weighted by Crippen LogP contribution is 2.18. The molecular weight excluding hydrogens is 346 g/mol. The summed E-state index contributed by atoms with van der Waals surface area (Å²) in [4.78, 5) is 23.6. The molecule has 0 aromatic heterocycles. The van der Waals surface area contributed by atoms with E-state index < -0.39 is 22.0 Å². The Balaban J connectivity index is 2.11. The highest BCUT2D eigenvalue weighted by molar-refractivity contribution is 7.90. The Morgan fingerprint density at radius 3 is 2.76 bits per heavy atom. The molecule has 0 fully saturated rings. The molecular formula is C16H21N3O5S. The van der Waals surface area contributed by atoms with Gasteiger partial charge in [-0.25, -0.2) is 27.7 Å². The van der Waals surface area contributed by atoms with Crippen molar-refractivity contribution in [1.82, 2.24) is 9.73 Å². The standard InChI is InChI=1S/C16H21N3O5S/c1-3-4-7-12-10-17-19(11-12)16(21)18-25(22,23)14-9-6-5-8-13(14)15(20)24-2/h5-6,8-10,12H,3-4,7,11H2,1-2H3,(H,18,21). The zero-order valence-electron chi connectivity index (χ0n) is 14.1. The normalized spacial score (nSPS) is 16.7. The number of hydrogen-bond donors (Lipinski definition) is 1. The molecule has 2 rings (SSSR count). The third kappa shape index (κ3) is 4.56. The van der Waals surface area contributed by atoms with E-state index in [2.05, 4.69) is 16.8 Å². The van der Waals surface area contributed by atoms with Gasteiger partial charge < -0.3 is 4.74 Å². The maximum atomic E-state index is 12.5. The Kier molecular flexibility index (Phi) is 6.13. The Hall–Kier alpha value is -2.42. The molecule has 1 N–H and O–H groups in total. The maximum Gasteiger partial charge on any atom is 0.351 e. The molecule has 0 aliphatic carbocycles. The molecule has 1 atom stereocenters. The number of ether oxygens (including phenoxy) is 1. The SMILES string of the molecule is CCCCC1C=NN(C(=O)NS(=O)(=O)c2ccccc2C(=O)OC)C1. The Bertz CT molecular complexity index is 776. The molecule has 1 aliphatic heterocycles. The Labute approximate surface area is 146 Å². The van der Waals surface area contributed by atoms with Crippen molar-refractivity contribution in [3.63, 3.8) is 0 Å². The van der Waals surface area contributed by atoms with Crippen LogP contribution in [0.5, 0.6) is 0 Å². The average molecular weight is 367 g/mol. The largest absolute Gasteiger partial charge is 0.465 e. The van der Waals surface area contributed by atoms with Crippen LogP contribution in [0.2, 0.25) is 0 Å². The van der Waals surface area contributed by atoms with Gasteiger partial charge in [-0.15, -0.1) is 0 Å². The van der Waals surface area contributed by atoms with Crippen LogP contribution in [0.25, 0.3) is 0 Å². The van der Waals surface area contributed by atoms with Crippen LogP contribution < -0.4 is 4.72 Å². The molecule has 136 valence electrons. The van der Waals surface area contributed by atoms with Gasteiger partial charge in [0.1, 0.15) is 4.90 Å². The summed E-state index contributed by atoms with van der Waals surface area (Å²) in [5.74, 6) is -0.678. The zero-order valence-corrected chi connectivity index (χ0v) is 15.0. The number of methoxy groups -OCH3 is 1. The van der Waals surface area contributed by atoms with Crippen molar-refractivity contribution in [3.8, 4) is 0 Å². The number of urea groups is 1. The molecule has 25 heavy (non-hydrogen) atoms. The van der Waals surface area contributed by atoms with Crippen molar-refractivity contribution in [3.05, 3.63) is 29.8 Å². The Morgan fingerprint density at radius 1 is 1.36 bits per heavy atom. The minimum absolute atomic E-state index is 0.121. The Morgan fingerprint density at radius 2 is 2.08 bits per heavy atom. The third-order valence-corrected chi connectivity index (χ3v) is 5.17. The topological polar surface area (TPSA) is 105 Å². The smallest absolute Gasteiger partial charge is 0.351 e. The molecule has 0 saturated carbocycles. The first-order chi connectivity index (χ1) is 11.9. The van der Waals surface area contributed by atoms with Gasteiger partial charge in [-0.1, -0.05) is 31.9 Å². The fourth-order valence-corrected chi connectivity index (χ4v) is 3.60. The summed E-state index contributed by atoms with van der Waals surface area (Å²) in [6.45, 7) is 2.40. The van der Waals surface area contributed by atoms with Gasteiger partial charge in [0.2, 0.25) is 0 Å². The van der Waals surface area contributed by atoms with Crippen LogP contribution in [0.1, 0.15) is 36.5 Å². The molecule has 1 heterocycles. The highest BCUT2D eigenvalue weighted by Gasteiger charge is 2.29. The fraction of sp³-hybridized carbons (Fsp3) is 0.438. The van der Waals surface area contributed by atoms with Gasteiger partial charge in [0.05, 0.1) is 19.2 Å². The van der Waals surface area contributed by atoms with Crippen LogP contribution >= 0.6 is 0 Å². The van der Waals surface area contributed by atoms with Crippen LogP contribution in [0.15, 0.2) is 34.3 Å². The van der Waals surface area contributed by atoms with E-state index in [1.54, 1.807) is 6.21 Å². The van der Waals surface area contributed by atoms with E-state index in [-0.39, 0.29) is 16.4 Å². The lowest BCUT2D eigenvalue weighted by Gasteiger charge is -2.16. The number of nitrogens with zero attached hydrogens (tertiary/aromatic N) is 2. The highest BCUT2D eigenvalue weighted by atomic mass is 32.2. The second kappa shape index (κ2) is 8.11. The number of hydrogen-bond acceptors (Lipinski definition) is 6. The van der Waals surface area contributed by atoms with Gasteiger partial charge in [-0.2, -0.15) is 5.10 Å². The van der Waals surface area contributed by atoms with E-state index in [0.29, 0.717) is 6.54 Å². The van der Waals surface area contributed by atoms with Crippen molar-refractivity contribution in [2.75, 3.05) is 13.7 Å². The van der Waals surface area contributed by atoms with E-state index in [9.17, 15) is 18.0 Å². The van der Waals surface area contributed by atoms with E-state index in [4.69, 9.17) is 0 Å². The van der Waals surface area contributed by atoms with Gasteiger partial charge in [0.25, 0.3) is 10.0 Å². The minimum Gasteiger partial charge on any atom is -0.465 e. The van der Waals surface area contributed by atoms with E-state index >= 15 is 0 Å². The number of esters is 1. The lowest BCUT2D eigenvalue weighted by atomic mass is 10.0. The predicted octanol–water partition coefficient (Wildman–Crippen LogP) is 1.98. The molecule has 1 aromatic carbocycles. The van der Waals surface area contributed by atoms with Gasteiger partial charge in [0.15, 0.2) is 0 Å². The molecule has 0 spiro atoms. The first-order valence-corrected chi connectivity index (χ1v) is 9.43. The number of carbonyl (C=O) groups is 2. The van der Waals surface area contributed by atoms with Gasteiger partial charge in [-0.05, 0) is 18.6 Å². The quantitative estimate of drug-likeness (QED) is 0.774. The second-order valence-corrected chi connectivity index (χ2v) is 7.30. The van der Waals surface area contributed by atoms with Gasteiger partial charge >= 0.3 is 12.0 Å². The van der Waals surface area contributed by atoms with Crippen molar-refractivity contribution in [2.45, 2.75) is 31.1 Å². The molecule has 2 amide bonds. The zero-order chi connectivity index (χ0) is 18.4. The lowest BCUT2D eigenvalue weighted by Crippen LogP contribution is -2.40. The number of benzene rings is 1. The first kappa shape index (κ1) is 18.9. The molecule has 0 saturated heterocycles. The second-order valence-electron chi connectivity index (χ2n) is 5.65. The summed E-state index contributed by atoms with van der Waals surface area (Å²) < 4.78 is 31.5. The molecule has 8 nitrogen and oxygen atoms in total.